The van der Waals surface area contributed by atoms with E-state index in [1.54, 1.807) is 0 Å². The third-order valence-electron chi connectivity index (χ3n) is 4.71. The molecule has 0 radical (unpaired) electrons. The average Bonchev–Trinajstić information content (AvgIpc) is 2.37. The summed E-state index contributed by atoms with van der Waals surface area (Å²) in [6, 6.07) is 1.41. The molecule has 1 aliphatic carbocycles. The first-order valence-corrected chi connectivity index (χ1v) is 7.68. The Hall–Kier alpha value is -0.0800. The van der Waals surface area contributed by atoms with Gasteiger partial charge in [-0.25, -0.2) is 0 Å². The maximum atomic E-state index is 6.15. The number of rotatable bonds is 4. The lowest BCUT2D eigenvalue weighted by atomic mass is 9.78. The summed E-state index contributed by atoms with van der Waals surface area (Å²) in [5.41, 5.74) is 0.250. The lowest BCUT2D eigenvalue weighted by Gasteiger charge is -2.44. The van der Waals surface area contributed by atoms with Crippen molar-refractivity contribution in [2.75, 3.05) is 6.61 Å². The number of nitrogens with one attached hydrogen (secondary N) is 1. The van der Waals surface area contributed by atoms with Crippen LogP contribution in [0.25, 0.3) is 0 Å². The SMILES string of the molecule is CCC(CC)NC1CCOC2(CCCCC2)C1. The van der Waals surface area contributed by atoms with Crippen molar-refractivity contribution in [3.8, 4) is 0 Å². The van der Waals surface area contributed by atoms with Crippen molar-refractivity contribution in [1.29, 1.82) is 0 Å². The third kappa shape index (κ3) is 3.45. The maximum absolute atomic E-state index is 6.15. The van der Waals surface area contributed by atoms with Gasteiger partial charge in [-0.05, 0) is 38.5 Å². The van der Waals surface area contributed by atoms with Gasteiger partial charge in [0.1, 0.15) is 0 Å². The lowest BCUT2D eigenvalue weighted by molar-refractivity contribution is -0.110. The molecule has 2 heteroatoms. The second kappa shape index (κ2) is 6.19. The fourth-order valence-corrected chi connectivity index (χ4v) is 3.57. The van der Waals surface area contributed by atoms with E-state index >= 15 is 0 Å². The van der Waals surface area contributed by atoms with Crippen LogP contribution in [-0.4, -0.2) is 24.3 Å². The van der Waals surface area contributed by atoms with Crippen LogP contribution in [0.4, 0.5) is 0 Å². The van der Waals surface area contributed by atoms with E-state index in [1.165, 1.54) is 57.8 Å². The van der Waals surface area contributed by atoms with Crippen molar-refractivity contribution in [3.63, 3.8) is 0 Å². The molecule has 2 aliphatic rings. The Morgan fingerprint density at radius 1 is 1.18 bits per heavy atom. The molecule has 2 rings (SSSR count). The van der Waals surface area contributed by atoms with Gasteiger partial charge in [0.15, 0.2) is 0 Å². The van der Waals surface area contributed by atoms with E-state index in [-0.39, 0.29) is 5.60 Å². The molecule has 2 fully saturated rings. The summed E-state index contributed by atoms with van der Waals surface area (Å²) in [5, 5.41) is 3.85. The molecule has 0 aromatic carbocycles. The first-order chi connectivity index (χ1) is 8.28. The molecule has 100 valence electrons. The van der Waals surface area contributed by atoms with E-state index < -0.39 is 0 Å². The van der Waals surface area contributed by atoms with Gasteiger partial charge in [-0.1, -0.05) is 33.1 Å². The molecule has 1 aliphatic heterocycles. The highest BCUT2D eigenvalue weighted by Crippen LogP contribution is 2.38. The molecule has 2 nitrogen and oxygen atoms in total. The standard InChI is InChI=1S/C15H29NO/c1-3-13(4-2)16-14-8-11-17-15(12-14)9-6-5-7-10-15/h13-14,16H,3-12H2,1-2H3. The molecule has 1 N–H and O–H groups in total. The van der Waals surface area contributed by atoms with E-state index in [9.17, 15) is 0 Å². The van der Waals surface area contributed by atoms with Crippen LogP contribution < -0.4 is 5.32 Å². The molecule has 1 saturated carbocycles. The Bertz CT molecular complexity index is 213. The van der Waals surface area contributed by atoms with E-state index in [0.29, 0.717) is 12.1 Å². The first-order valence-electron chi connectivity index (χ1n) is 7.68. The van der Waals surface area contributed by atoms with Crippen LogP contribution in [0.2, 0.25) is 0 Å². The summed E-state index contributed by atoms with van der Waals surface area (Å²) < 4.78 is 6.15. The van der Waals surface area contributed by atoms with Gasteiger partial charge < -0.3 is 10.1 Å². The van der Waals surface area contributed by atoms with Gasteiger partial charge in [0.05, 0.1) is 5.60 Å². The monoisotopic (exact) mass is 239 g/mol. The Morgan fingerprint density at radius 2 is 1.88 bits per heavy atom. The second-order valence-corrected chi connectivity index (χ2v) is 5.96. The Morgan fingerprint density at radius 3 is 2.53 bits per heavy atom. The zero-order chi connectivity index (χ0) is 12.1. The molecule has 1 atom stereocenters. The van der Waals surface area contributed by atoms with Gasteiger partial charge in [0, 0.05) is 18.7 Å². The van der Waals surface area contributed by atoms with Gasteiger partial charge in [-0.15, -0.1) is 0 Å². The average molecular weight is 239 g/mol. The van der Waals surface area contributed by atoms with Crippen LogP contribution in [0, 0.1) is 0 Å². The highest BCUT2D eigenvalue weighted by atomic mass is 16.5. The van der Waals surface area contributed by atoms with Crippen molar-refractivity contribution in [2.45, 2.75) is 89.3 Å². The van der Waals surface area contributed by atoms with Crippen LogP contribution in [0.3, 0.4) is 0 Å². The quantitative estimate of drug-likeness (QED) is 0.808. The van der Waals surface area contributed by atoms with Gasteiger partial charge in [-0.3, -0.25) is 0 Å². The summed E-state index contributed by atoms with van der Waals surface area (Å²) in [4.78, 5) is 0. The predicted molar refractivity (Wildman–Crippen MR) is 72.3 cm³/mol. The second-order valence-electron chi connectivity index (χ2n) is 5.96. The maximum Gasteiger partial charge on any atom is 0.0697 e. The lowest BCUT2D eigenvalue weighted by Crippen LogP contribution is -2.50. The van der Waals surface area contributed by atoms with Gasteiger partial charge in [0.2, 0.25) is 0 Å². The Kier molecular flexibility index (Phi) is 4.87. The normalized spacial score (nSPS) is 28.8. The zero-order valence-corrected chi connectivity index (χ0v) is 11.6. The summed E-state index contributed by atoms with van der Waals surface area (Å²) in [7, 11) is 0. The summed E-state index contributed by atoms with van der Waals surface area (Å²) >= 11 is 0. The van der Waals surface area contributed by atoms with Gasteiger partial charge in [-0.2, -0.15) is 0 Å². The molecule has 1 spiro atoms. The van der Waals surface area contributed by atoms with Crippen molar-refractivity contribution in [2.24, 2.45) is 0 Å². The van der Waals surface area contributed by atoms with Crippen LogP contribution in [-0.2, 0) is 4.74 Å². The van der Waals surface area contributed by atoms with Crippen molar-refractivity contribution >= 4 is 0 Å². The first kappa shape index (κ1) is 13.4. The van der Waals surface area contributed by atoms with E-state index in [0.717, 1.165) is 6.61 Å². The van der Waals surface area contributed by atoms with Gasteiger partial charge in [0.25, 0.3) is 0 Å². The molecule has 0 bridgehead atoms. The van der Waals surface area contributed by atoms with Crippen LogP contribution in [0.15, 0.2) is 0 Å². The molecule has 17 heavy (non-hydrogen) atoms. The minimum absolute atomic E-state index is 0.250. The molecule has 1 heterocycles. The predicted octanol–water partition coefficient (Wildman–Crippen LogP) is 3.65. The highest BCUT2D eigenvalue weighted by Gasteiger charge is 2.38. The Balaban J connectivity index is 1.87. The third-order valence-corrected chi connectivity index (χ3v) is 4.71. The molecular formula is C15H29NO. The smallest absolute Gasteiger partial charge is 0.0697 e. The summed E-state index contributed by atoms with van der Waals surface area (Å²) in [5.74, 6) is 0. The van der Waals surface area contributed by atoms with Crippen molar-refractivity contribution < 1.29 is 4.74 Å². The minimum Gasteiger partial charge on any atom is -0.375 e. The number of hydrogen-bond acceptors (Lipinski definition) is 2. The Labute approximate surface area is 107 Å². The molecule has 0 amide bonds. The molecular weight excluding hydrogens is 210 g/mol. The topological polar surface area (TPSA) is 21.3 Å². The fourth-order valence-electron chi connectivity index (χ4n) is 3.57. The largest absolute Gasteiger partial charge is 0.375 e. The minimum atomic E-state index is 0.250. The van der Waals surface area contributed by atoms with Crippen LogP contribution in [0.1, 0.15) is 71.6 Å². The molecule has 1 unspecified atom stereocenters. The summed E-state index contributed by atoms with van der Waals surface area (Å²) in [6.45, 7) is 5.55. The van der Waals surface area contributed by atoms with Crippen LogP contribution >= 0.6 is 0 Å². The highest BCUT2D eigenvalue weighted by molar-refractivity contribution is 4.92. The molecule has 1 saturated heterocycles. The molecule has 0 aromatic rings. The van der Waals surface area contributed by atoms with E-state index in [2.05, 4.69) is 19.2 Å². The van der Waals surface area contributed by atoms with E-state index in [4.69, 9.17) is 4.74 Å². The van der Waals surface area contributed by atoms with Crippen LogP contribution in [0.5, 0.6) is 0 Å². The summed E-state index contributed by atoms with van der Waals surface area (Å²) in [6.07, 6.45) is 11.7. The van der Waals surface area contributed by atoms with Crippen molar-refractivity contribution in [3.05, 3.63) is 0 Å². The molecule has 0 aromatic heterocycles. The fraction of sp³-hybridized carbons (Fsp3) is 1.00. The van der Waals surface area contributed by atoms with Crippen molar-refractivity contribution in [1.82, 2.24) is 5.32 Å². The number of ether oxygens (including phenoxy) is 1. The number of hydrogen-bond donors (Lipinski definition) is 1. The van der Waals surface area contributed by atoms with E-state index in [1.807, 2.05) is 0 Å². The van der Waals surface area contributed by atoms with Gasteiger partial charge >= 0.3 is 0 Å². The zero-order valence-electron chi connectivity index (χ0n) is 11.6.